The maximum Gasteiger partial charge on any atom is 0.338 e. The Labute approximate surface area is 187 Å². The second-order valence-corrected chi connectivity index (χ2v) is 8.68. The summed E-state index contributed by atoms with van der Waals surface area (Å²) in [5, 5.41) is 19.4. The summed E-state index contributed by atoms with van der Waals surface area (Å²) in [6.07, 6.45) is 0. The van der Waals surface area contributed by atoms with E-state index in [9.17, 15) is 9.59 Å². The van der Waals surface area contributed by atoms with Gasteiger partial charge in [0.15, 0.2) is 0 Å². The number of aromatic carboxylic acids is 1. The van der Waals surface area contributed by atoms with Crippen molar-refractivity contribution in [1.82, 2.24) is 14.8 Å². The molecule has 1 aliphatic heterocycles. The summed E-state index contributed by atoms with van der Waals surface area (Å²) in [4.78, 5) is 29.3. The van der Waals surface area contributed by atoms with Crippen LogP contribution in [0.2, 0.25) is 0 Å². The Morgan fingerprint density at radius 3 is 2.71 bits per heavy atom. The number of nitrogens with zero attached hydrogens (tertiary/aromatic N) is 3. The lowest BCUT2D eigenvalue weighted by molar-refractivity contribution is -0.139. The molecule has 1 aliphatic rings. The van der Waals surface area contributed by atoms with E-state index in [1.807, 2.05) is 24.4 Å². The van der Waals surface area contributed by atoms with Crippen molar-refractivity contribution in [3.05, 3.63) is 69.1 Å². The molecule has 2 N–H and O–H groups in total. The first-order valence-electron chi connectivity index (χ1n) is 9.57. The van der Waals surface area contributed by atoms with E-state index in [1.54, 1.807) is 47.2 Å². The van der Waals surface area contributed by atoms with Crippen molar-refractivity contribution in [1.29, 1.82) is 0 Å². The van der Waals surface area contributed by atoms with Gasteiger partial charge in [0.25, 0.3) is 0 Å². The maximum absolute atomic E-state index is 12.7. The number of carbonyl (C=O) groups excluding carboxylic acids is 1. The zero-order valence-electron chi connectivity index (χ0n) is 16.9. The number of hydrogen-bond acceptors (Lipinski definition) is 8. The van der Waals surface area contributed by atoms with Gasteiger partial charge in [-0.15, -0.1) is 16.4 Å². The Morgan fingerprint density at radius 1 is 1.29 bits per heavy atom. The number of carboxylic acids is 1. The standard InChI is InChI=1S/C21H20N4O4S2/c1-3-29-19(28)16-12(2)22-20-23-21(24-25(20)17(16)15-5-4-10-30-15)31-11-13-6-8-14(9-7-13)18(26)27/h4-10,17H,3,11H2,1-2H3,(H,26,27)(H,22,23,24). The first-order valence-corrected chi connectivity index (χ1v) is 11.4. The van der Waals surface area contributed by atoms with Crippen LogP contribution in [-0.2, 0) is 15.3 Å². The first kappa shape index (κ1) is 21.1. The average molecular weight is 457 g/mol. The van der Waals surface area contributed by atoms with E-state index in [4.69, 9.17) is 9.84 Å². The van der Waals surface area contributed by atoms with Crippen molar-refractivity contribution in [2.75, 3.05) is 11.9 Å². The minimum atomic E-state index is -0.950. The quantitative estimate of drug-likeness (QED) is 0.403. The zero-order chi connectivity index (χ0) is 22.0. The van der Waals surface area contributed by atoms with Crippen LogP contribution in [0, 0.1) is 0 Å². The third kappa shape index (κ3) is 4.35. The Bertz CT molecular complexity index is 1140. The second-order valence-electron chi connectivity index (χ2n) is 6.76. The Hall–Kier alpha value is -3.11. The molecule has 1 unspecified atom stereocenters. The molecule has 0 radical (unpaired) electrons. The molecule has 1 atom stereocenters. The third-order valence-electron chi connectivity index (χ3n) is 4.71. The number of thiophene rings is 1. The van der Waals surface area contributed by atoms with Gasteiger partial charge in [-0.25, -0.2) is 14.3 Å². The van der Waals surface area contributed by atoms with E-state index < -0.39 is 12.0 Å². The summed E-state index contributed by atoms with van der Waals surface area (Å²) in [6, 6.07) is 10.2. The SMILES string of the molecule is CCOC(=O)C1=C(C)Nc2nc(SCc3ccc(C(=O)O)cc3)nn2C1c1cccs1. The van der Waals surface area contributed by atoms with E-state index >= 15 is 0 Å². The zero-order valence-corrected chi connectivity index (χ0v) is 18.5. The second kappa shape index (κ2) is 8.94. The average Bonchev–Trinajstić information content (AvgIpc) is 3.41. The van der Waals surface area contributed by atoms with E-state index in [1.165, 1.54) is 11.8 Å². The van der Waals surface area contributed by atoms with Crippen LogP contribution >= 0.6 is 23.1 Å². The van der Waals surface area contributed by atoms with Gasteiger partial charge in [0, 0.05) is 16.3 Å². The molecular weight excluding hydrogens is 436 g/mol. The molecule has 0 spiro atoms. The van der Waals surface area contributed by atoms with Gasteiger partial charge in [-0.3, -0.25) is 0 Å². The van der Waals surface area contributed by atoms with E-state index in [-0.39, 0.29) is 11.5 Å². The van der Waals surface area contributed by atoms with Crippen LogP contribution in [0.15, 0.2) is 58.2 Å². The molecule has 3 heterocycles. The molecule has 0 fully saturated rings. The number of hydrogen-bond donors (Lipinski definition) is 2. The van der Waals surface area contributed by atoms with Crippen molar-refractivity contribution in [2.24, 2.45) is 0 Å². The smallest absolute Gasteiger partial charge is 0.338 e. The number of allylic oxidation sites excluding steroid dienone is 1. The van der Waals surface area contributed by atoms with Gasteiger partial charge >= 0.3 is 11.9 Å². The van der Waals surface area contributed by atoms with Gasteiger partial charge in [0.2, 0.25) is 11.1 Å². The van der Waals surface area contributed by atoms with Crippen LogP contribution in [0.25, 0.3) is 0 Å². The number of benzene rings is 1. The number of ether oxygens (including phenoxy) is 1. The first-order chi connectivity index (χ1) is 15.0. The van der Waals surface area contributed by atoms with Gasteiger partial charge in [0.05, 0.1) is 17.7 Å². The van der Waals surface area contributed by atoms with Crippen molar-refractivity contribution < 1.29 is 19.4 Å². The van der Waals surface area contributed by atoms with E-state index in [0.717, 1.165) is 10.4 Å². The lowest BCUT2D eigenvalue weighted by atomic mass is 10.0. The number of aromatic nitrogens is 3. The van der Waals surface area contributed by atoms with Crippen molar-refractivity contribution in [3.63, 3.8) is 0 Å². The summed E-state index contributed by atoms with van der Waals surface area (Å²) < 4.78 is 7.02. The summed E-state index contributed by atoms with van der Waals surface area (Å²) in [5.74, 6) is -0.175. The minimum Gasteiger partial charge on any atom is -0.478 e. The van der Waals surface area contributed by atoms with Crippen LogP contribution in [0.1, 0.15) is 40.7 Å². The molecule has 10 heteroatoms. The molecule has 1 aromatic carbocycles. The molecule has 0 amide bonds. The summed E-state index contributed by atoms with van der Waals surface area (Å²) in [7, 11) is 0. The molecule has 3 aromatic rings. The highest BCUT2D eigenvalue weighted by Crippen LogP contribution is 2.38. The lowest BCUT2D eigenvalue weighted by Crippen LogP contribution is -2.29. The molecular formula is C21H20N4O4S2. The number of rotatable bonds is 7. The normalized spacial score (nSPS) is 15.4. The van der Waals surface area contributed by atoms with E-state index in [2.05, 4.69) is 15.4 Å². The van der Waals surface area contributed by atoms with Gasteiger partial charge in [-0.2, -0.15) is 4.98 Å². The minimum absolute atomic E-state index is 0.250. The number of anilines is 1. The molecule has 0 saturated carbocycles. The summed E-state index contributed by atoms with van der Waals surface area (Å²) in [6.45, 7) is 3.91. The Morgan fingerprint density at radius 2 is 2.06 bits per heavy atom. The highest BCUT2D eigenvalue weighted by molar-refractivity contribution is 7.98. The van der Waals surface area contributed by atoms with Gasteiger partial charge in [-0.1, -0.05) is 30.0 Å². The maximum atomic E-state index is 12.7. The van der Waals surface area contributed by atoms with Crippen LogP contribution in [0.4, 0.5) is 5.95 Å². The van der Waals surface area contributed by atoms with E-state index in [0.29, 0.717) is 34.7 Å². The number of esters is 1. The molecule has 2 aromatic heterocycles. The predicted molar refractivity (Wildman–Crippen MR) is 118 cm³/mol. The molecule has 4 rings (SSSR count). The van der Waals surface area contributed by atoms with Crippen LogP contribution in [0.5, 0.6) is 0 Å². The Balaban J connectivity index is 1.60. The fourth-order valence-corrected chi connectivity index (χ4v) is 4.87. The largest absolute Gasteiger partial charge is 0.478 e. The Kier molecular flexibility index (Phi) is 6.10. The van der Waals surface area contributed by atoms with Crippen molar-refractivity contribution >= 4 is 41.0 Å². The van der Waals surface area contributed by atoms with Gasteiger partial charge < -0.3 is 15.2 Å². The molecule has 0 saturated heterocycles. The number of nitrogens with one attached hydrogen (secondary N) is 1. The fourth-order valence-electron chi connectivity index (χ4n) is 3.27. The number of carboxylic acid groups (broad SMARTS) is 1. The van der Waals surface area contributed by atoms with Crippen molar-refractivity contribution in [3.8, 4) is 0 Å². The fraction of sp³-hybridized carbons (Fsp3) is 0.238. The third-order valence-corrected chi connectivity index (χ3v) is 6.54. The molecule has 0 aliphatic carbocycles. The van der Waals surface area contributed by atoms with Crippen LogP contribution in [0.3, 0.4) is 0 Å². The number of fused-ring (bicyclic) bond motifs is 1. The van der Waals surface area contributed by atoms with Gasteiger partial charge in [0.1, 0.15) is 6.04 Å². The molecule has 0 bridgehead atoms. The molecule has 31 heavy (non-hydrogen) atoms. The number of carbonyl (C=O) groups is 2. The predicted octanol–water partition coefficient (Wildman–Crippen LogP) is 4.18. The monoisotopic (exact) mass is 456 g/mol. The summed E-state index contributed by atoms with van der Waals surface area (Å²) >= 11 is 2.98. The highest BCUT2D eigenvalue weighted by Gasteiger charge is 2.35. The highest BCUT2D eigenvalue weighted by atomic mass is 32.2. The van der Waals surface area contributed by atoms with Crippen LogP contribution in [-0.4, -0.2) is 38.4 Å². The van der Waals surface area contributed by atoms with Crippen LogP contribution < -0.4 is 5.32 Å². The molecule has 160 valence electrons. The topological polar surface area (TPSA) is 106 Å². The van der Waals surface area contributed by atoms with Crippen molar-refractivity contribution in [2.45, 2.75) is 30.8 Å². The molecule has 8 nitrogen and oxygen atoms in total. The van der Waals surface area contributed by atoms with Gasteiger partial charge in [-0.05, 0) is 43.0 Å². The lowest BCUT2D eigenvalue weighted by Gasteiger charge is -2.26. The number of thioether (sulfide) groups is 1. The summed E-state index contributed by atoms with van der Waals surface area (Å²) in [5.41, 5.74) is 2.42.